The van der Waals surface area contributed by atoms with E-state index in [0.29, 0.717) is 11.6 Å². The van der Waals surface area contributed by atoms with Crippen molar-refractivity contribution in [3.63, 3.8) is 0 Å². The molecule has 112 valence electrons. The van der Waals surface area contributed by atoms with Crippen LogP contribution in [-0.4, -0.2) is 26.2 Å². The van der Waals surface area contributed by atoms with E-state index in [-0.39, 0.29) is 0 Å². The molecule has 0 unspecified atom stereocenters. The highest BCUT2D eigenvalue weighted by atomic mass is 32.1. The lowest BCUT2D eigenvalue weighted by atomic mass is 10.2. The van der Waals surface area contributed by atoms with Gasteiger partial charge in [0.1, 0.15) is 0 Å². The van der Waals surface area contributed by atoms with Crippen LogP contribution in [0.25, 0.3) is 5.82 Å². The minimum absolute atomic E-state index is 0.592. The Labute approximate surface area is 132 Å². The maximum atomic E-state index is 4.47. The normalized spacial score (nSPS) is 11.2. The van der Waals surface area contributed by atoms with Crippen LogP contribution in [0.4, 0.5) is 5.82 Å². The number of hydrogen-bond donors (Lipinski definition) is 1. The van der Waals surface area contributed by atoms with Crippen molar-refractivity contribution in [1.82, 2.24) is 20.0 Å². The molecule has 0 aliphatic heterocycles. The van der Waals surface area contributed by atoms with E-state index in [0.717, 1.165) is 16.3 Å². The molecule has 3 aromatic rings. The van der Waals surface area contributed by atoms with Crippen LogP contribution in [0.5, 0.6) is 0 Å². The van der Waals surface area contributed by atoms with Crippen LogP contribution in [0.15, 0.2) is 34.7 Å². The Morgan fingerprint density at radius 3 is 2.64 bits per heavy atom. The number of hydrazone groups is 1. The van der Waals surface area contributed by atoms with E-state index in [1.54, 1.807) is 22.2 Å². The summed E-state index contributed by atoms with van der Waals surface area (Å²) in [5, 5.41) is 18.9. The van der Waals surface area contributed by atoms with E-state index in [4.69, 9.17) is 0 Å². The van der Waals surface area contributed by atoms with E-state index < -0.39 is 0 Å². The van der Waals surface area contributed by atoms with Crippen molar-refractivity contribution in [2.75, 3.05) is 5.43 Å². The number of nitrogens with one attached hydrogen (secondary N) is 1. The second-order valence-electron chi connectivity index (χ2n) is 4.87. The molecule has 6 nitrogen and oxygen atoms in total. The summed E-state index contributed by atoms with van der Waals surface area (Å²) in [7, 11) is 0. The molecule has 3 aromatic heterocycles. The van der Waals surface area contributed by atoms with Gasteiger partial charge in [0.15, 0.2) is 11.6 Å². The summed E-state index contributed by atoms with van der Waals surface area (Å²) in [4.78, 5) is 1.08. The maximum absolute atomic E-state index is 4.47. The average Bonchev–Trinajstić information content (AvgIpc) is 3.13. The summed E-state index contributed by atoms with van der Waals surface area (Å²) in [5.41, 5.74) is 6.11. The summed E-state index contributed by atoms with van der Waals surface area (Å²) >= 11 is 1.63. The van der Waals surface area contributed by atoms with Gasteiger partial charge in [0.25, 0.3) is 0 Å². The first kappa shape index (κ1) is 14.4. The zero-order valence-electron chi connectivity index (χ0n) is 12.6. The third-order valence-electron chi connectivity index (χ3n) is 3.43. The molecular weight excluding hydrogens is 296 g/mol. The number of aryl methyl sites for hydroxylation is 1. The molecule has 7 heteroatoms. The highest BCUT2D eigenvalue weighted by Crippen LogP contribution is 2.15. The largest absolute Gasteiger partial charge is 0.260 e. The molecule has 0 aliphatic carbocycles. The molecule has 1 N–H and O–H groups in total. The Morgan fingerprint density at radius 1 is 1.18 bits per heavy atom. The molecule has 3 heterocycles. The van der Waals surface area contributed by atoms with Gasteiger partial charge >= 0.3 is 0 Å². The Kier molecular flexibility index (Phi) is 3.97. The van der Waals surface area contributed by atoms with Crippen molar-refractivity contribution in [2.45, 2.75) is 20.8 Å². The van der Waals surface area contributed by atoms with E-state index in [9.17, 15) is 0 Å². The highest BCUT2D eigenvalue weighted by Gasteiger charge is 2.10. The smallest absolute Gasteiger partial charge is 0.176 e. The molecule has 0 amide bonds. The van der Waals surface area contributed by atoms with Gasteiger partial charge in [-0.05, 0) is 49.9 Å². The van der Waals surface area contributed by atoms with Crippen LogP contribution in [0.1, 0.15) is 21.8 Å². The number of rotatable bonds is 4. The third kappa shape index (κ3) is 2.89. The van der Waals surface area contributed by atoms with Gasteiger partial charge in [0, 0.05) is 10.6 Å². The van der Waals surface area contributed by atoms with Crippen LogP contribution in [0.3, 0.4) is 0 Å². The standard InChI is InChI=1S/C15H16N6S/c1-10-11(2)20-21(12(10)3)15-7-6-14(18-19-15)17-16-9-13-5-4-8-22-13/h4-9H,1-3H3,(H,17,18)/b16-9+. The number of anilines is 1. The van der Waals surface area contributed by atoms with Gasteiger partial charge < -0.3 is 0 Å². The summed E-state index contributed by atoms with van der Waals surface area (Å²) < 4.78 is 1.80. The lowest BCUT2D eigenvalue weighted by molar-refractivity contribution is 0.782. The van der Waals surface area contributed by atoms with Gasteiger partial charge in [-0.25, -0.2) is 4.68 Å². The minimum Gasteiger partial charge on any atom is -0.260 e. The van der Waals surface area contributed by atoms with Gasteiger partial charge in [0.2, 0.25) is 0 Å². The van der Waals surface area contributed by atoms with E-state index in [2.05, 4.69) is 32.7 Å². The second-order valence-corrected chi connectivity index (χ2v) is 5.85. The molecule has 0 aromatic carbocycles. The first-order chi connectivity index (χ1) is 10.6. The Bertz CT molecular complexity index is 786. The van der Waals surface area contributed by atoms with Crippen molar-refractivity contribution >= 4 is 23.4 Å². The maximum Gasteiger partial charge on any atom is 0.176 e. The van der Waals surface area contributed by atoms with Gasteiger partial charge in [0.05, 0.1) is 11.9 Å². The minimum atomic E-state index is 0.592. The second kappa shape index (κ2) is 6.07. The van der Waals surface area contributed by atoms with Gasteiger partial charge in [-0.15, -0.1) is 21.5 Å². The monoisotopic (exact) mass is 312 g/mol. The van der Waals surface area contributed by atoms with E-state index >= 15 is 0 Å². The zero-order valence-corrected chi connectivity index (χ0v) is 13.4. The quantitative estimate of drug-likeness (QED) is 0.594. The van der Waals surface area contributed by atoms with Crippen LogP contribution >= 0.6 is 11.3 Å². The molecule has 0 aliphatic rings. The molecule has 0 spiro atoms. The molecule has 3 rings (SSSR count). The van der Waals surface area contributed by atoms with E-state index in [1.165, 1.54) is 5.56 Å². The first-order valence-corrected chi connectivity index (χ1v) is 7.72. The summed E-state index contributed by atoms with van der Waals surface area (Å²) in [6, 6.07) is 7.68. The molecule has 0 saturated carbocycles. The van der Waals surface area contributed by atoms with Crippen molar-refractivity contribution in [3.05, 3.63) is 51.5 Å². The fraction of sp³-hybridized carbons (Fsp3) is 0.200. The topological polar surface area (TPSA) is 68.0 Å². The van der Waals surface area contributed by atoms with Crippen molar-refractivity contribution < 1.29 is 0 Å². The van der Waals surface area contributed by atoms with Crippen LogP contribution in [-0.2, 0) is 0 Å². The number of hydrogen-bond acceptors (Lipinski definition) is 6. The number of nitrogens with zero attached hydrogens (tertiary/aromatic N) is 5. The fourth-order valence-electron chi connectivity index (χ4n) is 1.97. The fourth-order valence-corrected chi connectivity index (χ4v) is 2.55. The molecule has 22 heavy (non-hydrogen) atoms. The predicted molar refractivity (Wildman–Crippen MR) is 88.9 cm³/mol. The SMILES string of the molecule is Cc1nn(-c2ccc(N/N=C/c3cccs3)nn2)c(C)c1C. The summed E-state index contributed by atoms with van der Waals surface area (Å²) in [6.07, 6.45) is 1.75. The molecule has 0 bridgehead atoms. The first-order valence-electron chi connectivity index (χ1n) is 6.84. The molecular formula is C15H16N6S. The molecule has 0 fully saturated rings. The number of aromatic nitrogens is 4. The average molecular weight is 312 g/mol. The predicted octanol–water partition coefficient (Wildman–Crippen LogP) is 3.10. The molecule has 0 atom stereocenters. The Morgan fingerprint density at radius 2 is 2.05 bits per heavy atom. The zero-order chi connectivity index (χ0) is 15.5. The summed E-state index contributed by atoms with van der Waals surface area (Å²) in [6.45, 7) is 6.06. The summed E-state index contributed by atoms with van der Waals surface area (Å²) in [5.74, 6) is 1.29. The van der Waals surface area contributed by atoms with Gasteiger partial charge in [-0.3, -0.25) is 5.43 Å². The highest BCUT2D eigenvalue weighted by molar-refractivity contribution is 7.11. The van der Waals surface area contributed by atoms with Gasteiger partial charge in [-0.2, -0.15) is 10.2 Å². The molecule has 0 saturated heterocycles. The van der Waals surface area contributed by atoms with Crippen LogP contribution < -0.4 is 5.43 Å². The molecule has 0 radical (unpaired) electrons. The van der Waals surface area contributed by atoms with Crippen molar-refractivity contribution in [3.8, 4) is 5.82 Å². The third-order valence-corrected chi connectivity index (χ3v) is 4.24. The van der Waals surface area contributed by atoms with Crippen molar-refractivity contribution in [1.29, 1.82) is 0 Å². The van der Waals surface area contributed by atoms with Crippen LogP contribution in [0.2, 0.25) is 0 Å². The van der Waals surface area contributed by atoms with E-state index in [1.807, 2.05) is 43.5 Å². The lowest BCUT2D eigenvalue weighted by Gasteiger charge is -2.03. The van der Waals surface area contributed by atoms with Crippen molar-refractivity contribution in [2.24, 2.45) is 5.10 Å². The lowest BCUT2D eigenvalue weighted by Crippen LogP contribution is -2.04. The Hall–Kier alpha value is -2.54. The Balaban J connectivity index is 1.74. The van der Waals surface area contributed by atoms with Crippen LogP contribution in [0, 0.1) is 20.8 Å². The van der Waals surface area contributed by atoms with Gasteiger partial charge in [-0.1, -0.05) is 6.07 Å². The number of thiophene rings is 1.